The van der Waals surface area contributed by atoms with Crippen molar-refractivity contribution in [1.29, 1.82) is 0 Å². The SMILES string of the molecule is CCN(CC)S(=O)(=O)c1cc(Br)ccc1-c1ccc(Br)cc1S(N)(=O)=O. The first kappa shape index (κ1) is 21.5. The fourth-order valence-electron chi connectivity index (χ4n) is 2.59. The van der Waals surface area contributed by atoms with Crippen molar-refractivity contribution >= 4 is 51.9 Å². The Balaban J connectivity index is 2.87. The van der Waals surface area contributed by atoms with Crippen molar-refractivity contribution in [2.75, 3.05) is 13.1 Å². The predicted octanol–water partition coefficient (Wildman–Crippen LogP) is 3.56. The second kappa shape index (κ2) is 8.07. The standard InChI is InChI=1S/C16H18Br2N2O4S2/c1-3-20(4-2)26(23,24)16-10-12(18)6-8-14(16)13-7-5-11(17)9-15(13)25(19,21)22/h5-10H,3-4H2,1-2H3,(H2,19,21,22). The minimum atomic E-state index is -4.06. The molecule has 6 nitrogen and oxygen atoms in total. The summed E-state index contributed by atoms with van der Waals surface area (Å²) in [5.41, 5.74) is 0.505. The number of halogens is 2. The lowest BCUT2D eigenvalue weighted by atomic mass is 10.1. The minimum absolute atomic E-state index is 0.0165. The van der Waals surface area contributed by atoms with Crippen LogP contribution in [0.25, 0.3) is 11.1 Å². The predicted molar refractivity (Wildman–Crippen MR) is 109 cm³/mol. The van der Waals surface area contributed by atoms with Crippen LogP contribution in [0.2, 0.25) is 0 Å². The molecule has 0 atom stereocenters. The van der Waals surface area contributed by atoms with Gasteiger partial charge in [0.15, 0.2) is 0 Å². The van der Waals surface area contributed by atoms with Crippen LogP contribution in [0.4, 0.5) is 0 Å². The summed E-state index contributed by atoms with van der Waals surface area (Å²) in [5.74, 6) is 0. The molecule has 0 fully saturated rings. The zero-order valence-corrected chi connectivity index (χ0v) is 18.9. The van der Waals surface area contributed by atoms with Gasteiger partial charge >= 0.3 is 0 Å². The van der Waals surface area contributed by atoms with Gasteiger partial charge in [0.1, 0.15) is 0 Å². The first-order valence-electron chi connectivity index (χ1n) is 7.64. The van der Waals surface area contributed by atoms with Gasteiger partial charge in [0, 0.05) is 33.2 Å². The molecule has 0 heterocycles. The number of primary sulfonamides is 1. The van der Waals surface area contributed by atoms with Gasteiger partial charge in [0.2, 0.25) is 20.0 Å². The topological polar surface area (TPSA) is 97.5 Å². The van der Waals surface area contributed by atoms with Crippen molar-refractivity contribution in [3.05, 3.63) is 45.3 Å². The van der Waals surface area contributed by atoms with Crippen LogP contribution in [-0.2, 0) is 20.0 Å². The molecule has 2 aromatic rings. The molecule has 2 rings (SSSR count). The van der Waals surface area contributed by atoms with Crippen molar-refractivity contribution in [3.8, 4) is 11.1 Å². The van der Waals surface area contributed by atoms with E-state index in [1.807, 2.05) is 0 Å². The average molecular weight is 526 g/mol. The van der Waals surface area contributed by atoms with Crippen molar-refractivity contribution in [1.82, 2.24) is 4.31 Å². The fourth-order valence-corrected chi connectivity index (χ4v) is 6.08. The van der Waals surface area contributed by atoms with Crippen molar-refractivity contribution in [2.45, 2.75) is 23.6 Å². The van der Waals surface area contributed by atoms with Gasteiger partial charge in [-0.05, 0) is 24.3 Å². The highest BCUT2D eigenvalue weighted by Crippen LogP contribution is 2.36. The number of nitrogens with zero attached hydrogens (tertiary/aromatic N) is 1. The van der Waals surface area contributed by atoms with Crippen LogP contribution >= 0.6 is 31.9 Å². The van der Waals surface area contributed by atoms with E-state index >= 15 is 0 Å². The zero-order chi connectivity index (χ0) is 19.7. The van der Waals surface area contributed by atoms with E-state index in [9.17, 15) is 16.8 Å². The van der Waals surface area contributed by atoms with Crippen molar-refractivity contribution < 1.29 is 16.8 Å². The van der Waals surface area contributed by atoms with E-state index in [-0.39, 0.29) is 20.9 Å². The summed E-state index contributed by atoms with van der Waals surface area (Å²) in [4.78, 5) is -0.131. The summed E-state index contributed by atoms with van der Waals surface area (Å²) in [6.07, 6.45) is 0. The Hall–Kier alpha value is -0.780. The number of benzene rings is 2. The Morgan fingerprint density at radius 2 is 1.27 bits per heavy atom. The molecule has 26 heavy (non-hydrogen) atoms. The van der Waals surface area contributed by atoms with Gasteiger partial charge in [-0.15, -0.1) is 0 Å². The third-order valence-electron chi connectivity index (χ3n) is 3.81. The number of nitrogens with two attached hydrogens (primary N) is 1. The highest BCUT2D eigenvalue weighted by molar-refractivity contribution is 9.10. The Bertz CT molecular complexity index is 1030. The van der Waals surface area contributed by atoms with Gasteiger partial charge in [-0.2, -0.15) is 4.31 Å². The van der Waals surface area contributed by atoms with E-state index < -0.39 is 20.0 Å². The molecule has 0 aliphatic rings. The van der Waals surface area contributed by atoms with Gasteiger partial charge < -0.3 is 0 Å². The second-order valence-electron chi connectivity index (χ2n) is 5.42. The second-order valence-corrected chi connectivity index (χ2v) is 10.7. The minimum Gasteiger partial charge on any atom is -0.225 e. The van der Waals surface area contributed by atoms with Gasteiger partial charge in [-0.25, -0.2) is 22.0 Å². The molecule has 10 heteroatoms. The molecule has 0 aromatic heterocycles. The summed E-state index contributed by atoms with van der Waals surface area (Å²) in [5, 5.41) is 5.35. The summed E-state index contributed by atoms with van der Waals surface area (Å²) in [7, 11) is -7.88. The van der Waals surface area contributed by atoms with E-state index in [1.54, 1.807) is 32.0 Å². The highest BCUT2D eigenvalue weighted by atomic mass is 79.9. The summed E-state index contributed by atoms with van der Waals surface area (Å²) in [6.45, 7) is 4.09. The molecule has 0 aliphatic heterocycles. The average Bonchev–Trinajstić information content (AvgIpc) is 2.55. The van der Waals surface area contributed by atoms with Crippen LogP contribution in [0.3, 0.4) is 0 Å². The lowest BCUT2D eigenvalue weighted by molar-refractivity contribution is 0.445. The number of sulfonamides is 2. The quantitative estimate of drug-likeness (QED) is 0.623. The molecule has 0 amide bonds. The van der Waals surface area contributed by atoms with Gasteiger partial charge in [0.25, 0.3) is 0 Å². The lowest BCUT2D eigenvalue weighted by Crippen LogP contribution is -2.31. The van der Waals surface area contributed by atoms with Gasteiger partial charge in [0.05, 0.1) is 9.79 Å². The highest BCUT2D eigenvalue weighted by Gasteiger charge is 2.27. The molecule has 0 unspecified atom stereocenters. The smallest absolute Gasteiger partial charge is 0.225 e. The maximum absolute atomic E-state index is 13.1. The molecule has 0 bridgehead atoms. The van der Waals surface area contributed by atoms with Crippen LogP contribution < -0.4 is 5.14 Å². The third kappa shape index (κ3) is 4.37. The molecule has 2 N–H and O–H groups in total. The molecular formula is C16H18Br2N2O4S2. The number of rotatable bonds is 6. The van der Waals surface area contributed by atoms with Gasteiger partial charge in [-0.3, -0.25) is 0 Å². The lowest BCUT2D eigenvalue weighted by Gasteiger charge is -2.21. The van der Waals surface area contributed by atoms with Crippen LogP contribution in [-0.4, -0.2) is 34.2 Å². The Labute approximate surface area is 170 Å². The summed E-state index contributed by atoms with van der Waals surface area (Å²) < 4.78 is 52.7. The molecule has 2 aromatic carbocycles. The maximum atomic E-state index is 13.1. The number of hydrogen-bond donors (Lipinski definition) is 1. The van der Waals surface area contributed by atoms with E-state index in [0.29, 0.717) is 22.0 Å². The molecule has 0 aliphatic carbocycles. The largest absolute Gasteiger partial charge is 0.243 e. The van der Waals surface area contributed by atoms with Gasteiger partial charge in [-0.1, -0.05) is 57.8 Å². The number of hydrogen-bond acceptors (Lipinski definition) is 4. The summed E-state index contributed by atoms with van der Waals surface area (Å²) >= 11 is 6.51. The monoisotopic (exact) mass is 524 g/mol. The maximum Gasteiger partial charge on any atom is 0.243 e. The Kier molecular flexibility index (Phi) is 6.68. The fraction of sp³-hybridized carbons (Fsp3) is 0.250. The van der Waals surface area contributed by atoms with E-state index in [2.05, 4.69) is 31.9 Å². The van der Waals surface area contributed by atoms with Crippen LogP contribution in [0.1, 0.15) is 13.8 Å². The van der Waals surface area contributed by atoms with E-state index in [1.165, 1.54) is 22.5 Å². The Morgan fingerprint density at radius 3 is 1.69 bits per heavy atom. The van der Waals surface area contributed by atoms with Crippen LogP contribution in [0.5, 0.6) is 0 Å². The molecular weight excluding hydrogens is 508 g/mol. The molecule has 142 valence electrons. The van der Waals surface area contributed by atoms with E-state index in [4.69, 9.17) is 5.14 Å². The zero-order valence-electron chi connectivity index (χ0n) is 14.1. The molecule has 0 radical (unpaired) electrons. The van der Waals surface area contributed by atoms with Crippen molar-refractivity contribution in [2.24, 2.45) is 5.14 Å². The molecule has 0 saturated carbocycles. The Morgan fingerprint density at radius 1 is 0.846 bits per heavy atom. The first-order chi connectivity index (χ1) is 12.0. The summed E-state index contributed by atoms with van der Waals surface area (Å²) in [6, 6.07) is 9.23. The van der Waals surface area contributed by atoms with Crippen molar-refractivity contribution in [3.63, 3.8) is 0 Å². The normalized spacial score (nSPS) is 12.5. The molecule has 0 spiro atoms. The van der Waals surface area contributed by atoms with Crippen LogP contribution in [0.15, 0.2) is 55.1 Å². The molecule has 0 saturated heterocycles. The first-order valence-corrected chi connectivity index (χ1v) is 12.2. The van der Waals surface area contributed by atoms with Crippen LogP contribution in [0, 0.1) is 0 Å². The third-order valence-corrected chi connectivity index (χ3v) is 7.83. The van der Waals surface area contributed by atoms with E-state index in [0.717, 1.165) is 0 Å².